The molecule has 0 radical (unpaired) electrons. The van der Waals surface area contributed by atoms with Crippen LogP contribution in [-0.2, 0) is 16.6 Å². The number of nitrogens with zero attached hydrogens (tertiary/aromatic N) is 1. The number of hydrogen-bond donors (Lipinski definition) is 0. The van der Waals surface area contributed by atoms with Gasteiger partial charge in [0, 0.05) is 19.2 Å². The van der Waals surface area contributed by atoms with E-state index in [0.29, 0.717) is 5.75 Å². The summed E-state index contributed by atoms with van der Waals surface area (Å²) < 4.78 is 44.4. The Hall–Kier alpha value is -1.92. The van der Waals surface area contributed by atoms with Gasteiger partial charge >= 0.3 is 0 Å². The lowest BCUT2D eigenvalue weighted by molar-refractivity contribution is 0.398. The molecule has 21 heavy (non-hydrogen) atoms. The Morgan fingerprint density at radius 1 is 1.14 bits per heavy atom. The first-order chi connectivity index (χ1) is 9.95. The molecule has 0 saturated carbocycles. The van der Waals surface area contributed by atoms with E-state index in [1.54, 1.807) is 18.2 Å². The molecule has 4 nitrogen and oxygen atoms in total. The van der Waals surface area contributed by atoms with Gasteiger partial charge < -0.3 is 4.74 Å². The molecule has 0 amide bonds. The van der Waals surface area contributed by atoms with Crippen molar-refractivity contribution in [3.05, 3.63) is 59.9 Å². The first-order valence-electron chi connectivity index (χ1n) is 6.29. The minimum atomic E-state index is -3.75. The molecule has 0 aliphatic rings. The molecule has 0 bridgehead atoms. The molecule has 0 saturated heterocycles. The van der Waals surface area contributed by atoms with E-state index in [1.165, 1.54) is 36.7 Å². The van der Waals surface area contributed by atoms with E-state index < -0.39 is 15.8 Å². The fourth-order valence-electron chi connectivity index (χ4n) is 1.97. The normalized spacial score (nSPS) is 11.6. The summed E-state index contributed by atoms with van der Waals surface area (Å²) in [5.74, 6) is 0.0283. The van der Waals surface area contributed by atoms with Gasteiger partial charge in [0.15, 0.2) is 0 Å². The summed E-state index contributed by atoms with van der Waals surface area (Å²) in [6.07, 6.45) is 0. The Morgan fingerprint density at radius 3 is 2.52 bits per heavy atom. The van der Waals surface area contributed by atoms with Crippen molar-refractivity contribution >= 4 is 10.0 Å². The third-order valence-corrected chi connectivity index (χ3v) is 4.89. The second kappa shape index (κ2) is 6.24. The molecule has 112 valence electrons. The van der Waals surface area contributed by atoms with Gasteiger partial charge in [-0.3, -0.25) is 0 Å². The SMILES string of the molecule is COc1ccccc1CN(C)S(=O)(=O)c1cccc(F)c1. The van der Waals surface area contributed by atoms with Crippen LogP contribution in [0.3, 0.4) is 0 Å². The van der Waals surface area contributed by atoms with Crippen LogP contribution in [0.15, 0.2) is 53.4 Å². The first-order valence-corrected chi connectivity index (χ1v) is 7.73. The Kier molecular flexibility index (Phi) is 4.59. The largest absolute Gasteiger partial charge is 0.496 e. The van der Waals surface area contributed by atoms with Gasteiger partial charge in [-0.15, -0.1) is 0 Å². The zero-order chi connectivity index (χ0) is 15.5. The van der Waals surface area contributed by atoms with Crippen molar-refractivity contribution in [3.63, 3.8) is 0 Å². The van der Waals surface area contributed by atoms with Gasteiger partial charge in [0.05, 0.1) is 12.0 Å². The van der Waals surface area contributed by atoms with E-state index in [4.69, 9.17) is 4.74 Å². The van der Waals surface area contributed by atoms with Crippen molar-refractivity contribution in [2.24, 2.45) is 0 Å². The molecule has 0 spiro atoms. The standard InChI is InChI=1S/C15H16FNO3S/c1-17(11-12-6-3-4-9-15(12)20-2)21(18,19)14-8-5-7-13(16)10-14/h3-10H,11H2,1-2H3. The monoisotopic (exact) mass is 309 g/mol. The highest BCUT2D eigenvalue weighted by Crippen LogP contribution is 2.22. The second-order valence-corrected chi connectivity index (χ2v) is 6.58. The molecule has 0 N–H and O–H groups in total. The van der Waals surface area contributed by atoms with E-state index in [1.807, 2.05) is 6.07 Å². The minimum Gasteiger partial charge on any atom is -0.496 e. The lowest BCUT2D eigenvalue weighted by Gasteiger charge is -2.18. The number of para-hydroxylation sites is 1. The highest BCUT2D eigenvalue weighted by Gasteiger charge is 2.22. The van der Waals surface area contributed by atoms with Crippen LogP contribution in [0.2, 0.25) is 0 Å². The lowest BCUT2D eigenvalue weighted by Crippen LogP contribution is -2.26. The predicted octanol–water partition coefficient (Wildman–Crippen LogP) is 2.66. The Morgan fingerprint density at radius 2 is 1.86 bits per heavy atom. The smallest absolute Gasteiger partial charge is 0.243 e. The summed E-state index contributed by atoms with van der Waals surface area (Å²) in [5.41, 5.74) is 0.738. The first kappa shape index (κ1) is 15.5. The van der Waals surface area contributed by atoms with Crippen LogP contribution in [-0.4, -0.2) is 26.9 Å². The Balaban J connectivity index is 2.29. The van der Waals surface area contributed by atoms with Crippen LogP contribution < -0.4 is 4.74 Å². The molecular formula is C15H16FNO3S. The van der Waals surface area contributed by atoms with Gasteiger partial charge in [-0.2, -0.15) is 4.31 Å². The molecule has 0 aromatic heterocycles. The van der Waals surface area contributed by atoms with Crippen LogP contribution in [0.4, 0.5) is 4.39 Å². The van der Waals surface area contributed by atoms with Crippen molar-refractivity contribution in [1.82, 2.24) is 4.31 Å². The number of sulfonamides is 1. The zero-order valence-electron chi connectivity index (χ0n) is 11.8. The van der Waals surface area contributed by atoms with E-state index in [9.17, 15) is 12.8 Å². The maximum absolute atomic E-state index is 13.2. The highest BCUT2D eigenvalue weighted by atomic mass is 32.2. The molecule has 2 rings (SSSR count). The number of halogens is 1. The average Bonchev–Trinajstić information content (AvgIpc) is 2.47. The summed E-state index contributed by atoms with van der Waals surface area (Å²) >= 11 is 0. The number of ether oxygens (including phenoxy) is 1. The van der Waals surface area contributed by atoms with Gasteiger partial charge in [0.1, 0.15) is 11.6 Å². The lowest BCUT2D eigenvalue weighted by atomic mass is 10.2. The Bertz CT molecular complexity index is 731. The van der Waals surface area contributed by atoms with Crippen molar-refractivity contribution in [1.29, 1.82) is 0 Å². The maximum atomic E-state index is 13.2. The van der Waals surface area contributed by atoms with Crippen LogP contribution in [0.1, 0.15) is 5.56 Å². The van der Waals surface area contributed by atoms with E-state index >= 15 is 0 Å². The fourth-order valence-corrected chi connectivity index (χ4v) is 3.15. The summed E-state index contributed by atoms with van der Waals surface area (Å²) in [7, 11) is -0.768. The average molecular weight is 309 g/mol. The molecule has 0 heterocycles. The number of methoxy groups -OCH3 is 1. The van der Waals surface area contributed by atoms with Crippen molar-refractivity contribution in [2.75, 3.05) is 14.2 Å². The van der Waals surface area contributed by atoms with Crippen molar-refractivity contribution < 1.29 is 17.5 Å². The fraction of sp³-hybridized carbons (Fsp3) is 0.200. The minimum absolute atomic E-state index is 0.0695. The van der Waals surface area contributed by atoms with Gasteiger partial charge in [-0.1, -0.05) is 24.3 Å². The summed E-state index contributed by atoms with van der Waals surface area (Å²) in [6.45, 7) is 0.142. The number of hydrogen-bond acceptors (Lipinski definition) is 3. The predicted molar refractivity (Wildman–Crippen MR) is 78.0 cm³/mol. The van der Waals surface area contributed by atoms with Crippen LogP contribution in [0.25, 0.3) is 0 Å². The van der Waals surface area contributed by atoms with E-state index in [2.05, 4.69) is 0 Å². The third kappa shape index (κ3) is 3.40. The molecule has 0 aliphatic heterocycles. The van der Waals surface area contributed by atoms with Gasteiger partial charge in [-0.25, -0.2) is 12.8 Å². The molecule has 0 aliphatic carbocycles. The van der Waals surface area contributed by atoms with Crippen LogP contribution in [0.5, 0.6) is 5.75 Å². The van der Waals surface area contributed by atoms with Crippen LogP contribution in [0, 0.1) is 5.82 Å². The van der Waals surface area contributed by atoms with Gasteiger partial charge in [0.2, 0.25) is 10.0 Å². The van der Waals surface area contributed by atoms with Gasteiger partial charge in [0.25, 0.3) is 0 Å². The van der Waals surface area contributed by atoms with Gasteiger partial charge in [-0.05, 0) is 24.3 Å². The molecule has 2 aromatic carbocycles. The quantitative estimate of drug-likeness (QED) is 0.853. The number of rotatable bonds is 5. The molecule has 0 atom stereocenters. The van der Waals surface area contributed by atoms with Crippen molar-refractivity contribution in [3.8, 4) is 5.75 Å². The molecule has 6 heteroatoms. The molecule has 0 fully saturated rings. The summed E-state index contributed by atoms with van der Waals surface area (Å²) in [6, 6.07) is 12.1. The third-order valence-electron chi connectivity index (χ3n) is 3.09. The Labute approximate surface area is 123 Å². The van der Waals surface area contributed by atoms with Crippen LogP contribution >= 0.6 is 0 Å². The van der Waals surface area contributed by atoms with E-state index in [-0.39, 0.29) is 11.4 Å². The topological polar surface area (TPSA) is 46.6 Å². The zero-order valence-corrected chi connectivity index (χ0v) is 12.6. The van der Waals surface area contributed by atoms with E-state index in [0.717, 1.165) is 11.6 Å². The second-order valence-electron chi connectivity index (χ2n) is 4.53. The summed E-state index contributed by atoms with van der Waals surface area (Å²) in [4.78, 5) is -0.0695. The highest BCUT2D eigenvalue weighted by molar-refractivity contribution is 7.89. The molecular weight excluding hydrogens is 293 g/mol. The number of benzene rings is 2. The maximum Gasteiger partial charge on any atom is 0.243 e. The molecule has 0 unspecified atom stereocenters. The summed E-state index contributed by atoms with van der Waals surface area (Å²) in [5, 5.41) is 0. The molecule has 2 aromatic rings. The van der Waals surface area contributed by atoms with Crippen molar-refractivity contribution in [2.45, 2.75) is 11.4 Å².